The third-order valence-corrected chi connectivity index (χ3v) is 6.08. The summed E-state index contributed by atoms with van der Waals surface area (Å²) >= 11 is 0. The van der Waals surface area contributed by atoms with E-state index in [9.17, 15) is 9.90 Å². The number of piperazine rings is 1. The number of aliphatic hydroxyl groups excluding tert-OH is 1. The molecule has 11 heteroatoms. The second kappa shape index (κ2) is 9.28. The molecule has 3 aromatic rings. The van der Waals surface area contributed by atoms with Crippen LogP contribution in [0.5, 0.6) is 0 Å². The molecule has 2 fully saturated rings. The Morgan fingerprint density at radius 1 is 0.909 bits per heavy atom. The van der Waals surface area contributed by atoms with E-state index < -0.39 is 0 Å². The fourth-order valence-corrected chi connectivity index (χ4v) is 4.27. The summed E-state index contributed by atoms with van der Waals surface area (Å²) in [5.74, 6) is 2.20. The number of aliphatic hydroxyl groups is 1. The van der Waals surface area contributed by atoms with E-state index in [0.717, 1.165) is 11.0 Å². The van der Waals surface area contributed by atoms with E-state index in [0.29, 0.717) is 82.6 Å². The number of aromatic nitrogens is 5. The minimum atomic E-state index is -0.236. The maximum Gasteiger partial charge on any atom is 0.242 e. The number of hydrogen-bond donors (Lipinski definition) is 1. The van der Waals surface area contributed by atoms with Gasteiger partial charge in [0.25, 0.3) is 0 Å². The quantitative estimate of drug-likeness (QED) is 0.594. The number of hydrogen-bond acceptors (Lipinski definition) is 9. The molecule has 0 atom stereocenters. The highest BCUT2D eigenvalue weighted by atomic mass is 16.5. The normalized spacial score (nSPS) is 17.1. The van der Waals surface area contributed by atoms with Crippen molar-refractivity contribution in [1.29, 1.82) is 0 Å². The Hall–Kier alpha value is -3.31. The highest BCUT2D eigenvalue weighted by Crippen LogP contribution is 2.24. The van der Waals surface area contributed by atoms with Crippen molar-refractivity contribution in [3.8, 4) is 5.95 Å². The van der Waals surface area contributed by atoms with Gasteiger partial charge >= 0.3 is 0 Å². The smallest absolute Gasteiger partial charge is 0.242 e. The number of rotatable bonds is 5. The summed E-state index contributed by atoms with van der Waals surface area (Å²) in [4.78, 5) is 37.1. The molecule has 2 saturated heterocycles. The van der Waals surface area contributed by atoms with Crippen LogP contribution in [0.1, 0.15) is 19.2 Å². The molecule has 0 saturated carbocycles. The molecule has 2 aliphatic heterocycles. The van der Waals surface area contributed by atoms with Crippen molar-refractivity contribution >= 4 is 28.8 Å². The molecule has 1 aromatic carbocycles. The average molecular weight is 453 g/mol. The highest BCUT2D eigenvalue weighted by molar-refractivity contribution is 5.78. The molecule has 5 rings (SSSR count). The standard InChI is InChI=1S/C22H28N8O3/c1-2-19(32)27-7-9-28(10-8-27)20-24-21(29-11-13-33-14-12-29)26-22(25-20)30-17-6-4-3-5-16(17)23-18(30)15-31/h3-6,31H,2,7-15H2,1H3. The second-order valence-corrected chi connectivity index (χ2v) is 8.07. The molecule has 0 aliphatic carbocycles. The highest BCUT2D eigenvalue weighted by Gasteiger charge is 2.25. The van der Waals surface area contributed by atoms with Crippen LogP contribution >= 0.6 is 0 Å². The van der Waals surface area contributed by atoms with Gasteiger partial charge in [-0.1, -0.05) is 19.1 Å². The Kier molecular flexibility index (Phi) is 6.05. The number of morpholine rings is 1. The van der Waals surface area contributed by atoms with E-state index in [4.69, 9.17) is 19.7 Å². The van der Waals surface area contributed by atoms with Crippen molar-refractivity contribution in [2.24, 2.45) is 0 Å². The first-order valence-corrected chi connectivity index (χ1v) is 11.4. The minimum absolute atomic E-state index is 0.164. The fourth-order valence-electron chi connectivity index (χ4n) is 4.27. The van der Waals surface area contributed by atoms with Crippen LogP contribution in [-0.4, -0.2) is 92.9 Å². The molecule has 1 N–H and O–H groups in total. The third-order valence-electron chi connectivity index (χ3n) is 6.08. The Balaban J connectivity index is 1.56. The van der Waals surface area contributed by atoms with Gasteiger partial charge in [-0.2, -0.15) is 15.0 Å². The molecule has 0 spiro atoms. The summed E-state index contributed by atoms with van der Waals surface area (Å²) in [6.45, 7) is 6.83. The van der Waals surface area contributed by atoms with Crippen molar-refractivity contribution in [3.63, 3.8) is 0 Å². The van der Waals surface area contributed by atoms with Crippen molar-refractivity contribution in [1.82, 2.24) is 29.4 Å². The molecule has 2 aliphatic rings. The van der Waals surface area contributed by atoms with Gasteiger partial charge in [0.2, 0.25) is 23.8 Å². The number of carbonyl (C=O) groups excluding carboxylic acids is 1. The number of ether oxygens (including phenoxy) is 1. The van der Waals surface area contributed by atoms with E-state index in [1.165, 1.54) is 0 Å². The number of nitrogens with zero attached hydrogens (tertiary/aromatic N) is 8. The Morgan fingerprint density at radius 2 is 1.55 bits per heavy atom. The monoisotopic (exact) mass is 452 g/mol. The van der Waals surface area contributed by atoms with Crippen LogP contribution in [0.4, 0.5) is 11.9 Å². The summed E-state index contributed by atoms with van der Waals surface area (Å²) in [6, 6.07) is 7.68. The number of para-hydroxylation sites is 2. The van der Waals surface area contributed by atoms with Crippen LogP contribution in [0.2, 0.25) is 0 Å². The van der Waals surface area contributed by atoms with E-state index in [1.807, 2.05) is 36.1 Å². The van der Waals surface area contributed by atoms with Crippen molar-refractivity contribution in [2.45, 2.75) is 20.0 Å². The number of amides is 1. The van der Waals surface area contributed by atoms with Crippen LogP contribution in [0, 0.1) is 0 Å². The van der Waals surface area contributed by atoms with Gasteiger partial charge in [0.1, 0.15) is 12.4 Å². The van der Waals surface area contributed by atoms with Crippen LogP contribution in [0.15, 0.2) is 24.3 Å². The molecular formula is C22H28N8O3. The van der Waals surface area contributed by atoms with Crippen LogP contribution in [-0.2, 0) is 16.1 Å². The topological polar surface area (TPSA) is 113 Å². The van der Waals surface area contributed by atoms with Crippen molar-refractivity contribution in [3.05, 3.63) is 30.1 Å². The zero-order valence-corrected chi connectivity index (χ0v) is 18.7. The number of carbonyl (C=O) groups is 1. The van der Waals surface area contributed by atoms with Gasteiger partial charge in [-0.15, -0.1) is 0 Å². The van der Waals surface area contributed by atoms with Gasteiger partial charge in [-0.3, -0.25) is 9.36 Å². The third kappa shape index (κ3) is 4.21. The molecule has 0 radical (unpaired) electrons. The average Bonchev–Trinajstić information content (AvgIpc) is 3.27. The van der Waals surface area contributed by atoms with E-state index in [-0.39, 0.29) is 12.5 Å². The fraction of sp³-hybridized carbons (Fsp3) is 0.500. The predicted octanol–water partition coefficient (Wildman–Crippen LogP) is 0.598. The van der Waals surface area contributed by atoms with Crippen LogP contribution in [0.3, 0.4) is 0 Å². The van der Waals surface area contributed by atoms with Crippen LogP contribution < -0.4 is 9.80 Å². The summed E-state index contributed by atoms with van der Waals surface area (Å²) < 4.78 is 7.29. The lowest BCUT2D eigenvalue weighted by Gasteiger charge is -2.35. The lowest BCUT2D eigenvalue weighted by Crippen LogP contribution is -2.49. The first-order valence-electron chi connectivity index (χ1n) is 11.4. The second-order valence-electron chi connectivity index (χ2n) is 8.07. The Morgan fingerprint density at radius 3 is 2.21 bits per heavy atom. The maximum atomic E-state index is 12.1. The molecule has 11 nitrogen and oxygen atoms in total. The van der Waals surface area contributed by atoms with Gasteiger partial charge in [-0.25, -0.2) is 4.98 Å². The van der Waals surface area contributed by atoms with Gasteiger partial charge in [0, 0.05) is 45.7 Å². The summed E-state index contributed by atoms with van der Waals surface area (Å²) in [7, 11) is 0. The maximum absolute atomic E-state index is 12.1. The van der Waals surface area contributed by atoms with E-state index in [2.05, 4.69) is 14.8 Å². The largest absolute Gasteiger partial charge is 0.388 e. The Bertz CT molecular complexity index is 1140. The number of anilines is 2. The molecule has 0 bridgehead atoms. The molecule has 33 heavy (non-hydrogen) atoms. The lowest BCUT2D eigenvalue weighted by molar-refractivity contribution is -0.131. The number of imidazole rings is 1. The first kappa shape index (κ1) is 21.5. The molecule has 1 amide bonds. The van der Waals surface area contributed by atoms with Crippen LogP contribution in [0.25, 0.3) is 17.0 Å². The molecule has 2 aromatic heterocycles. The predicted molar refractivity (Wildman–Crippen MR) is 122 cm³/mol. The van der Waals surface area contributed by atoms with E-state index >= 15 is 0 Å². The molecule has 174 valence electrons. The minimum Gasteiger partial charge on any atom is -0.388 e. The zero-order chi connectivity index (χ0) is 22.8. The molecule has 4 heterocycles. The SMILES string of the molecule is CCC(=O)N1CCN(c2nc(N3CCOCC3)nc(-n3c(CO)nc4ccccc43)n2)CC1. The van der Waals surface area contributed by atoms with E-state index in [1.54, 1.807) is 4.57 Å². The summed E-state index contributed by atoms with van der Waals surface area (Å²) in [6.07, 6.45) is 0.509. The summed E-state index contributed by atoms with van der Waals surface area (Å²) in [5, 5.41) is 9.99. The first-order chi connectivity index (χ1) is 16.2. The molecule has 0 unspecified atom stereocenters. The zero-order valence-electron chi connectivity index (χ0n) is 18.7. The van der Waals surface area contributed by atoms with Gasteiger partial charge in [0.15, 0.2) is 0 Å². The lowest BCUT2D eigenvalue weighted by atomic mass is 10.3. The Labute approximate surface area is 191 Å². The number of benzene rings is 1. The van der Waals surface area contributed by atoms with Gasteiger partial charge in [-0.05, 0) is 12.1 Å². The van der Waals surface area contributed by atoms with Gasteiger partial charge in [0.05, 0.1) is 24.2 Å². The molecular weight excluding hydrogens is 424 g/mol. The van der Waals surface area contributed by atoms with Crippen molar-refractivity contribution in [2.75, 3.05) is 62.3 Å². The van der Waals surface area contributed by atoms with Crippen molar-refractivity contribution < 1.29 is 14.6 Å². The van der Waals surface area contributed by atoms with Gasteiger partial charge < -0.3 is 24.5 Å². The summed E-state index contributed by atoms with van der Waals surface area (Å²) in [5.41, 5.74) is 1.59. The number of fused-ring (bicyclic) bond motifs is 1.